The molecule has 4 rings (SSSR count). The van der Waals surface area contributed by atoms with Crippen LogP contribution in [0.5, 0.6) is 0 Å². The van der Waals surface area contributed by atoms with Crippen LogP contribution in [0.25, 0.3) is 10.2 Å². The zero-order valence-corrected chi connectivity index (χ0v) is 17.8. The smallest absolute Gasteiger partial charge is 0.260 e. The average Bonchev–Trinajstić information content (AvgIpc) is 3.14. The minimum Gasteiger partial charge on any atom is -0.379 e. The normalized spacial score (nSPS) is 14.6. The van der Waals surface area contributed by atoms with E-state index in [9.17, 15) is 9.18 Å². The van der Waals surface area contributed by atoms with Crippen LogP contribution in [0.2, 0.25) is 0 Å². The number of nitrogens with zero attached hydrogens (tertiary/aromatic N) is 3. The van der Waals surface area contributed by atoms with E-state index in [1.807, 2.05) is 25.1 Å². The van der Waals surface area contributed by atoms with Crippen molar-refractivity contribution in [2.75, 3.05) is 44.3 Å². The van der Waals surface area contributed by atoms with Gasteiger partial charge in [0.2, 0.25) is 0 Å². The quantitative estimate of drug-likeness (QED) is 0.604. The molecule has 29 heavy (non-hydrogen) atoms. The average molecular weight is 436 g/mol. The maximum absolute atomic E-state index is 13.7. The third-order valence-electron chi connectivity index (χ3n) is 4.90. The second kappa shape index (κ2) is 9.63. The summed E-state index contributed by atoms with van der Waals surface area (Å²) in [6.45, 7) is 6.34. The molecule has 1 aliphatic rings. The standard InChI is InChI=1S/C21H22FN3O2S.ClH/c1-15-4-2-7-18-19(15)23-21(28-18)25(9-8-24-10-12-27-13-11-24)20(26)16-5-3-6-17(22)14-16;/h2-7,14H,8-13H2,1H3;1H. The van der Waals surface area contributed by atoms with Crippen LogP contribution >= 0.6 is 23.7 Å². The number of para-hydroxylation sites is 1. The van der Waals surface area contributed by atoms with Crippen LogP contribution < -0.4 is 4.90 Å². The summed E-state index contributed by atoms with van der Waals surface area (Å²) in [5.74, 6) is -0.649. The number of anilines is 1. The van der Waals surface area contributed by atoms with Gasteiger partial charge in [-0.05, 0) is 36.8 Å². The summed E-state index contributed by atoms with van der Waals surface area (Å²) < 4.78 is 20.1. The minimum absolute atomic E-state index is 0. The molecule has 2 aromatic carbocycles. The Morgan fingerprint density at radius 3 is 2.72 bits per heavy atom. The summed E-state index contributed by atoms with van der Waals surface area (Å²) in [5, 5.41) is 0.645. The molecule has 0 N–H and O–H groups in total. The number of ether oxygens (including phenoxy) is 1. The molecular formula is C21H23ClFN3O2S. The predicted octanol–water partition coefficient (Wildman–Crippen LogP) is 4.14. The van der Waals surface area contributed by atoms with Gasteiger partial charge in [-0.1, -0.05) is 29.5 Å². The summed E-state index contributed by atoms with van der Waals surface area (Å²) in [5.41, 5.74) is 2.32. The highest BCUT2D eigenvalue weighted by atomic mass is 35.5. The monoisotopic (exact) mass is 435 g/mol. The zero-order valence-electron chi connectivity index (χ0n) is 16.1. The minimum atomic E-state index is -0.417. The molecule has 0 atom stereocenters. The molecule has 3 aromatic rings. The predicted molar refractivity (Wildman–Crippen MR) is 117 cm³/mol. The zero-order chi connectivity index (χ0) is 19.5. The van der Waals surface area contributed by atoms with Crippen LogP contribution in [-0.4, -0.2) is 55.2 Å². The van der Waals surface area contributed by atoms with Gasteiger partial charge in [-0.25, -0.2) is 9.37 Å². The summed E-state index contributed by atoms with van der Waals surface area (Å²) >= 11 is 1.49. The van der Waals surface area contributed by atoms with Gasteiger partial charge >= 0.3 is 0 Å². The Morgan fingerprint density at radius 1 is 1.24 bits per heavy atom. The number of hydrogen-bond donors (Lipinski definition) is 0. The number of carbonyl (C=O) groups excluding carboxylic acids is 1. The molecule has 5 nitrogen and oxygen atoms in total. The highest BCUT2D eigenvalue weighted by Gasteiger charge is 2.23. The van der Waals surface area contributed by atoms with E-state index in [0.717, 1.165) is 35.4 Å². The van der Waals surface area contributed by atoms with Crippen molar-refractivity contribution < 1.29 is 13.9 Å². The van der Waals surface area contributed by atoms with Crippen molar-refractivity contribution in [1.82, 2.24) is 9.88 Å². The van der Waals surface area contributed by atoms with Crippen molar-refractivity contribution in [3.63, 3.8) is 0 Å². The molecule has 1 aliphatic heterocycles. The van der Waals surface area contributed by atoms with Crippen molar-refractivity contribution in [2.45, 2.75) is 6.92 Å². The second-order valence-corrected chi connectivity index (χ2v) is 7.85. The van der Waals surface area contributed by atoms with E-state index in [4.69, 9.17) is 9.72 Å². The second-order valence-electron chi connectivity index (χ2n) is 6.84. The van der Waals surface area contributed by atoms with Crippen molar-refractivity contribution >= 4 is 45.0 Å². The van der Waals surface area contributed by atoms with Gasteiger partial charge < -0.3 is 4.74 Å². The van der Waals surface area contributed by atoms with Crippen molar-refractivity contribution in [1.29, 1.82) is 0 Å². The molecule has 154 valence electrons. The summed E-state index contributed by atoms with van der Waals surface area (Å²) in [4.78, 5) is 21.9. The molecule has 0 bridgehead atoms. The Bertz CT molecular complexity index is 991. The Hall–Kier alpha value is -2.06. The number of fused-ring (bicyclic) bond motifs is 1. The Labute approximate surface area is 179 Å². The number of carbonyl (C=O) groups is 1. The fraction of sp³-hybridized carbons (Fsp3) is 0.333. The lowest BCUT2D eigenvalue weighted by atomic mass is 10.2. The number of thiazole rings is 1. The number of amides is 1. The highest BCUT2D eigenvalue weighted by Crippen LogP contribution is 2.31. The van der Waals surface area contributed by atoms with Crippen LogP contribution in [0.3, 0.4) is 0 Å². The molecule has 8 heteroatoms. The molecule has 0 unspecified atom stereocenters. The number of morpholine rings is 1. The molecule has 1 saturated heterocycles. The largest absolute Gasteiger partial charge is 0.379 e. The van der Waals surface area contributed by atoms with Gasteiger partial charge in [0.15, 0.2) is 5.13 Å². The van der Waals surface area contributed by atoms with Crippen LogP contribution in [0.4, 0.5) is 9.52 Å². The van der Waals surface area contributed by atoms with E-state index in [1.165, 1.54) is 23.5 Å². The fourth-order valence-electron chi connectivity index (χ4n) is 3.32. The lowest BCUT2D eigenvalue weighted by Gasteiger charge is -2.29. The number of benzene rings is 2. The molecule has 2 heterocycles. The molecule has 1 fully saturated rings. The van der Waals surface area contributed by atoms with Crippen molar-refractivity contribution in [2.24, 2.45) is 0 Å². The lowest BCUT2D eigenvalue weighted by Crippen LogP contribution is -2.43. The first kappa shape index (κ1) is 21.6. The van der Waals surface area contributed by atoms with Gasteiger partial charge in [0.25, 0.3) is 5.91 Å². The summed E-state index contributed by atoms with van der Waals surface area (Å²) in [6.07, 6.45) is 0. The number of aryl methyl sites for hydroxylation is 1. The van der Waals surface area contributed by atoms with E-state index in [1.54, 1.807) is 17.0 Å². The SMILES string of the molecule is Cc1cccc2sc(N(CCN3CCOCC3)C(=O)c3cccc(F)c3)nc12.Cl. The number of halogens is 2. The van der Waals surface area contributed by atoms with E-state index in [2.05, 4.69) is 4.90 Å². The Morgan fingerprint density at radius 2 is 2.00 bits per heavy atom. The fourth-order valence-corrected chi connectivity index (χ4v) is 4.39. The van der Waals surface area contributed by atoms with Crippen molar-refractivity contribution in [3.05, 3.63) is 59.4 Å². The lowest BCUT2D eigenvalue weighted by molar-refractivity contribution is 0.0391. The molecule has 0 aliphatic carbocycles. The van der Waals surface area contributed by atoms with Gasteiger partial charge in [0, 0.05) is 31.7 Å². The maximum Gasteiger partial charge on any atom is 0.260 e. The van der Waals surface area contributed by atoms with Gasteiger partial charge in [0.1, 0.15) is 5.82 Å². The van der Waals surface area contributed by atoms with E-state index in [-0.39, 0.29) is 18.3 Å². The molecule has 0 radical (unpaired) electrons. The molecule has 0 spiro atoms. The highest BCUT2D eigenvalue weighted by molar-refractivity contribution is 7.22. The Balaban J connectivity index is 0.00000240. The van der Waals surface area contributed by atoms with Gasteiger partial charge in [-0.2, -0.15) is 0 Å². The summed E-state index contributed by atoms with van der Waals surface area (Å²) in [7, 11) is 0. The van der Waals surface area contributed by atoms with Crippen LogP contribution in [0.15, 0.2) is 42.5 Å². The van der Waals surface area contributed by atoms with Crippen molar-refractivity contribution in [3.8, 4) is 0 Å². The number of aromatic nitrogens is 1. The van der Waals surface area contributed by atoms with Gasteiger partial charge in [-0.3, -0.25) is 14.6 Å². The van der Waals surface area contributed by atoms with Crippen LogP contribution in [0, 0.1) is 12.7 Å². The van der Waals surface area contributed by atoms with Crippen LogP contribution in [0.1, 0.15) is 15.9 Å². The first-order valence-corrected chi connectivity index (χ1v) is 10.2. The molecule has 0 saturated carbocycles. The number of rotatable bonds is 5. The third kappa shape index (κ3) is 4.93. The van der Waals surface area contributed by atoms with E-state index in [0.29, 0.717) is 30.5 Å². The first-order chi connectivity index (χ1) is 13.6. The molecule has 1 amide bonds. The van der Waals surface area contributed by atoms with E-state index >= 15 is 0 Å². The Kier molecular flexibility index (Phi) is 7.18. The topological polar surface area (TPSA) is 45.7 Å². The van der Waals surface area contributed by atoms with E-state index < -0.39 is 5.82 Å². The molecule has 1 aromatic heterocycles. The van der Waals surface area contributed by atoms with Crippen LogP contribution in [-0.2, 0) is 4.74 Å². The maximum atomic E-state index is 13.7. The van der Waals surface area contributed by atoms with Gasteiger partial charge in [-0.15, -0.1) is 12.4 Å². The number of hydrogen-bond acceptors (Lipinski definition) is 5. The molecular weight excluding hydrogens is 413 g/mol. The first-order valence-electron chi connectivity index (χ1n) is 9.35. The van der Waals surface area contributed by atoms with Gasteiger partial charge in [0.05, 0.1) is 23.4 Å². The summed E-state index contributed by atoms with van der Waals surface area (Å²) in [6, 6.07) is 11.8. The third-order valence-corrected chi connectivity index (χ3v) is 5.94.